The standard InChI is InChI=1S/C24H22Cl2N2O4/c1-2-30-23-13-17(7-12-22(23)32-15-18-5-3-4-6-21(18)26)14-27-28-24(29)16-31-20-10-8-19(25)9-11-20/h3-14H,2,15-16H2,1H3,(H,28,29)/b27-14-. The van der Waals surface area contributed by atoms with Crippen molar-refractivity contribution in [2.24, 2.45) is 5.10 Å². The highest BCUT2D eigenvalue weighted by Crippen LogP contribution is 2.29. The minimum Gasteiger partial charge on any atom is -0.490 e. The van der Waals surface area contributed by atoms with E-state index in [-0.39, 0.29) is 12.5 Å². The molecular formula is C24H22Cl2N2O4. The van der Waals surface area contributed by atoms with E-state index in [0.717, 1.165) is 11.1 Å². The van der Waals surface area contributed by atoms with E-state index in [9.17, 15) is 4.79 Å². The number of nitrogens with zero attached hydrogens (tertiary/aromatic N) is 1. The number of carbonyl (C=O) groups excluding carboxylic acids is 1. The topological polar surface area (TPSA) is 69.2 Å². The third-order valence-electron chi connectivity index (χ3n) is 4.20. The lowest BCUT2D eigenvalue weighted by molar-refractivity contribution is -0.123. The maximum Gasteiger partial charge on any atom is 0.277 e. The van der Waals surface area contributed by atoms with E-state index >= 15 is 0 Å². The number of hydrogen-bond acceptors (Lipinski definition) is 5. The Bertz CT molecular complexity index is 1070. The Morgan fingerprint density at radius 3 is 2.50 bits per heavy atom. The molecule has 166 valence electrons. The van der Waals surface area contributed by atoms with Gasteiger partial charge in [-0.25, -0.2) is 5.43 Å². The Kier molecular flexibility index (Phi) is 8.78. The highest BCUT2D eigenvalue weighted by Gasteiger charge is 2.08. The quantitative estimate of drug-likeness (QED) is 0.312. The first-order valence-corrected chi connectivity index (χ1v) is 10.6. The normalized spacial score (nSPS) is 10.7. The van der Waals surface area contributed by atoms with Crippen LogP contribution in [0.1, 0.15) is 18.1 Å². The van der Waals surface area contributed by atoms with Crippen LogP contribution < -0.4 is 19.6 Å². The van der Waals surface area contributed by atoms with Gasteiger partial charge in [-0.3, -0.25) is 4.79 Å². The van der Waals surface area contributed by atoms with Crippen LogP contribution in [0.15, 0.2) is 71.8 Å². The van der Waals surface area contributed by atoms with E-state index in [0.29, 0.717) is 40.5 Å². The summed E-state index contributed by atoms with van der Waals surface area (Å²) in [6.45, 7) is 2.51. The molecule has 0 aliphatic carbocycles. The molecule has 3 aromatic rings. The Morgan fingerprint density at radius 2 is 1.75 bits per heavy atom. The van der Waals surface area contributed by atoms with Gasteiger partial charge in [0.2, 0.25) is 0 Å². The summed E-state index contributed by atoms with van der Waals surface area (Å²) in [5.41, 5.74) is 4.04. The molecule has 3 rings (SSSR count). The van der Waals surface area contributed by atoms with Gasteiger partial charge in [0.05, 0.1) is 12.8 Å². The van der Waals surface area contributed by atoms with Gasteiger partial charge >= 0.3 is 0 Å². The van der Waals surface area contributed by atoms with E-state index in [1.165, 1.54) is 6.21 Å². The molecule has 3 aromatic carbocycles. The summed E-state index contributed by atoms with van der Waals surface area (Å²) in [6, 6.07) is 19.6. The van der Waals surface area contributed by atoms with Gasteiger partial charge < -0.3 is 14.2 Å². The van der Waals surface area contributed by atoms with Crippen molar-refractivity contribution in [1.29, 1.82) is 0 Å². The third-order valence-corrected chi connectivity index (χ3v) is 4.82. The van der Waals surface area contributed by atoms with Crippen molar-refractivity contribution in [1.82, 2.24) is 5.43 Å². The van der Waals surface area contributed by atoms with Crippen molar-refractivity contribution in [3.8, 4) is 17.2 Å². The van der Waals surface area contributed by atoms with Crippen LogP contribution in [0.3, 0.4) is 0 Å². The number of halogens is 2. The van der Waals surface area contributed by atoms with Crippen LogP contribution in [-0.4, -0.2) is 25.3 Å². The van der Waals surface area contributed by atoms with E-state index in [1.807, 2.05) is 37.3 Å². The van der Waals surface area contributed by atoms with Gasteiger partial charge in [0, 0.05) is 15.6 Å². The minimum atomic E-state index is -0.388. The van der Waals surface area contributed by atoms with E-state index in [4.69, 9.17) is 37.4 Å². The number of hydrogen-bond donors (Lipinski definition) is 1. The van der Waals surface area contributed by atoms with Gasteiger partial charge in [0.15, 0.2) is 18.1 Å². The predicted octanol–water partition coefficient (Wildman–Crippen LogP) is 5.50. The second-order valence-electron chi connectivity index (χ2n) is 6.56. The molecule has 0 heterocycles. The van der Waals surface area contributed by atoms with Crippen LogP contribution in [0.5, 0.6) is 17.2 Å². The maximum absolute atomic E-state index is 11.9. The van der Waals surface area contributed by atoms with Crippen molar-refractivity contribution in [2.75, 3.05) is 13.2 Å². The van der Waals surface area contributed by atoms with Gasteiger partial charge in [0.25, 0.3) is 5.91 Å². The lowest BCUT2D eigenvalue weighted by Gasteiger charge is -2.13. The second kappa shape index (κ2) is 12.0. The third kappa shape index (κ3) is 7.18. The predicted molar refractivity (Wildman–Crippen MR) is 126 cm³/mol. The van der Waals surface area contributed by atoms with Gasteiger partial charge in [-0.15, -0.1) is 0 Å². The number of amides is 1. The van der Waals surface area contributed by atoms with Crippen LogP contribution in [-0.2, 0) is 11.4 Å². The molecule has 0 aromatic heterocycles. The fraction of sp³-hybridized carbons (Fsp3) is 0.167. The van der Waals surface area contributed by atoms with Crippen molar-refractivity contribution in [3.05, 3.63) is 87.9 Å². The Morgan fingerprint density at radius 1 is 0.969 bits per heavy atom. The van der Waals surface area contributed by atoms with Crippen LogP contribution in [0, 0.1) is 0 Å². The van der Waals surface area contributed by atoms with E-state index in [1.54, 1.807) is 36.4 Å². The molecule has 1 N–H and O–H groups in total. The molecule has 0 saturated heterocycles. The largest absolute Gasteiger partial charge is 0.490 e. The molecule has 0 saturated carbocycles. The monoisotopic (exact) mass is 472 g/mol. The van der Waals surface area contributed by atoms with Crippen LogP contribution in [0.2, 0.25) is 10.0 Å². The van der Waals surface area contributed by atoms with Crippen LogP contribution in [0.25, 0.3) is 0 Å². The molecule has 32 heavy (non-hydrogen) atoms. The van der Waals surface area contributed by atoms with Gasteiger partial charge in [-0.1, -0.05) is 41.4 Å². The van der Waals surface area contributed by atoms with Crippen molar-refractivity contribution >= 4 is 35.3 Å². The lowest BCUT2D eigenvalue weighted by atomic mass is 10.2. The van der Waals surface area contributed by atoms with Crippen molar-refractivity contribution in [3.63, 3.8) is 0 Å². The molecule has 0 unspecified atom stereocenters. The number of ether oxygens (including phenoxy) is 3. The summed E-state index contributed by atoms with van der Waals surface area (Å²) in [7, 11) is 0. The number of nitrogens with one attached hydrogen (secondary N) is 1. The van der Waals surface area contributed by atoms with Gasteiger partial charge in [-0.05, 0) is 61.0 Å². The van der Waals surface area contributed by atoms with E-state index < -0.39 is 0 Å². The molecule has 0 spiro atoms. The summed E-state index contributed by atoms with van der Waals surface area (Å²) in [4.78, 5) is 11.9. The highest BCUT2D eigenvalue weighted by atomic mass is 35.5. The lowest BCUT2D eigenvalue weighted by Crippen LogP contribution is -2.24. The fourth-order valence-electron chi connectivity index (χ4n) is 2.65. The Labute approximate surface area is 196 Å². The van der Waals surface area contributed by atoms with E-state index in [2.05, 4.69) is 10.5 Å². The zero-order valence-corrected chi connectivity index (χ0v) is 18.9. The summed E-state index contributed by atoms with van der Waals surface area (Å²) >= 11 is 12.0. The summed E-state index contributed by atoms with van der Waals surface area (Å²) < 4.78 is 16.9. The average Bonchev–Trinajstić information content (AvgIpc) is 2.79. The first-order chi connectivity index (χ1) is 15.5. The molecule has 0 atom stereocenters. The highest BCUT2D eigenvalue weighted by molar-refractivity contribution is 6.31. The second-order valence-corrected chi connectivity index (χ2v) is 7.40. The van der Waals surface area contributed by atoms with Gasteiger partial charge in [0.1, 0.15) is 12.4 Å². The zero-order chi connectivity index (χ0) is 22.8. The molecule has 1 amide bonds. The maximum atomic E-state index is 11.9. The number of carbonyl (C=O) groups is 1. The van der Waals surface area contributed by atoms with Crippen LogP contribution >= 0.6 is 23.2 Å². The molecular weight excluding hydrogens is 451 g/mol. The van der Waals surface area contributed by atoms with Gasteiger partial charge in [-0.2, -0.15) is 5.10 Å². The fourth-order valence-corrected chi connectivity index (χ4v) is 2.97. The number of rotatable bonds is 10. The first-order valence-electron chi connectivity index (χ1n) is 9.88. The summed E-state index contributed by atoms with van der Waals surface area (Å²) in [5, 5.41) is 5.20. The number of benzene rings is 3. The summed E-state index contributed by atoms with van der Waals surface area (Å²) in [6.07, 6.45) is 1.51. The Hall–Kier alpha value is -3.22. The molecule has 0 bridgehead atoms. The first kappa shape index (κ1) is 23.4. The SMILES string of the molecule is CCOc1cc(/C=N\NC(=O)COc2ccc(Cl)cc2)ccc1OCc1ccccc1Cl. The molecule has 0 aliphatic rings. The molecule has 0 radical (unpaired) electrons. The smallest absolute Gasteiger partial charge is 0.277 e. The van der Waals surface area contributed by atoms with Crippen molar-refractivity contribution < 1.29 is 19.0 Å². The number of hydrazone groups is 1. The average molecular weight is 473 g/mol. The Balaban J connectivity index is 1.55. The van der Waals surface area contributed by atoms with Crippen molar-refractivity contribution in [2.45, 2.75) is 13.5 Å². The minimum absolute atomic E-state index is 0.169. The summed E-state index contributed by atoms with van der Waals surface area (Å²) in [5.74, 6) is 1.31. The molecule has 8 heteroatoms. The molecule has 0 aliphatic heterocycles. The molecule has 0 fully saturated rings. The zero-order valence-electron chi connectivity index (χ0n) is 17.4. The molecule has 6 nitrogen and oxygen atoms in total. The van der Waals surface area contributed by atoms with Crippen LogP contribution in [0.4, 0.5) is 0 Å².